The van der Waals surface area contributed by atoms with Crippen molar-refractivity contribution in [3.05, 3.63) is 97.8 Å². The second-order valence-corrected chi connectivity index (χ2v) is 3.96. The summed E-state index contributed by atoms with van der Waals surface area (Å²) in [5.74, 6) is 0. The van der Waals surface area contributed by atoms with Crippen LogP contribution in [0.3, 0.4) is 0 Å². The zero-order valence-electron chi connectivity index (χ0n) is 12.8. The van der Waals surface area contributed by atoms with Crippen molar-refractivity contribution in [3.63, 3.8) is 0 Å². The number of hydrogen-bond donors (Lipinski definition) is 1. The molecule has 116 valence electrons. The first-order valence-corrected chi connectivity index (χ1v) is 7.13. The average Bonchev–Trinajstić information content (AvgIpc) is 2.56. The highest BCUT2D eigenvalue weighted by molar-refractivity contribution is 5.74. The van der Waals surface area contributed by atoms with Gasteiger partial charge in [-0.1, -0.05) is 30.4 Å². The summed E-state index contributed by atoms with van der Waals surface area (Å²) in [6, 6.07) is 0. The smallest absolute Gasteiger partial charge is 0.0283 e. The molecule has 1 aliphatic heterocycles. The molecule has 0 saturated carbocycles. The standard InChI is InChI=1S/C19H20N4/c1-2-6-12-20-16-10-18-22-14-8-4-5-9-15-23-19-11-17-21-13-7-3-1/h1-20H. The molecule has 0 atom stereocenters. The van der Waals surface area contributed by atoms with E-state index in [1.54, 1.807) is 49.5 Å². The minimum Gasteiger partial charge on any atom is -0.368 e. The third kappa shape index (κ3) is 13.5. The van der Waals surface area contributed by atoms with Crippen molar-refractivity contribution in [1.82, 2.24) is 5.32 Å². The summed E-state index contributed by atoms with van der Waals surface area (Å²) in [5.41, 5.74) is 0. The molecule has 1 aliphatic rings. The van der Waals surface area contributed by atoms with Crippen LogP contribution in [-0.4, -0.2) is 18.6 Å². The Bertz CT molecular complexity index is 568. The van der Waals surface area contributed by atoms with Crippen LogP contribution in [0.25, 0.3) is 0 Å². The lowest BCUT2D eigenvalue weighted by atomic mass is 10.4. The summed E-state index contributed by atoms with van der Waals surface area (Å²) in [5, 5.41) is 3.01. The van der Waals surface area contributed by atoms with Crippen LogP contribution in [-0.2, 0) is 0 Å². The summed E-state index contributed by atoms with van der Waals surface area (Å²) in [6.07, 6.45) is 34.3. The molecule has 0 aromatic rings. The summed E-state index contributed by atoms with van der Waals surface area (Å²) in [4.78, 5) is 12.2. The number of allylic oxidation sites excluding steroid dienone is 11. The first-order valence-electron chi connectivity index (χ1n) is 7.13. The molecule has 0 aromatic carbocycles. The normalized spacial score (nSPS) is 16.0. The Morgan fingerprint density at radius 3 is 1.65 bits per heavy atom. The van der Waals surface area contributed by atoms with E-state index < -0.39 is 0 Å². The Kier molecular flexibility index (Phi) is 11.7. The SMILES string of the molecule is C1=CC=CNC=CC=NC=CC=CC=CN=CC=CN=CC=C1. The highest BCUT2D eigenvalue weighted by Crippen LogP contribution is 1.83. The molecule has 1 heterocycles. The van der Waals surface area contributed by atoms with E-state index in [0.717, 1.165) is 0 Å². The Hall–Kier alpha value is -3.27. The van der Waals surface area contributed by atoms with Crippen LogP contribution >= 0.6 is 0 Å². The fourth-order valence-electron chi connectivity index (χ4n) is 1.22. The van der Waals surface area contributed by atoms with E-state index in [1.165, 1.54) is 0 Å². The van der Waals surface area contributed by atoms with Crippen molar-refractivity contribution >= 4 is 18.6 Å². The highest BCUT2D eigenvalue weighted by atomic mass is 14.8. The third-order valence-electron chi connectivity index (χ3n) is 2.20. The first-order chi connectivity index (χ1) is 11.5. The van der Waals surface area contributed by atoms with E-state index in [9.17, 15) is 0 Å². The van der Waals surface area contributed by atoms with Crippen molar-refractivity contribution in [2.75, 3.05) is 0 Å². The quantitative estimate of drug-likeness (QED) is 0.721. The van der Waals surface area contributed by atoms with Crippen molar-refractivity contribution in [2.24, 2.45) is 15.0 Å². The van der Waals surface area contributed by atoms with Crippen LogP contribution < -0.4 is 5.32 Å². The van der Waals surface area contributed by atoms with Gasteiger partial charge in [-0.25, -0.2) is 0 Å². The lowest BCUT2D eigenvalue weighted by molar-refractivity contribution is 1.20. The zero-order valence-corrected chi connectivity index (χ0v) is 12.8. The van der Waals surface area contributed by atoms with Crippen molar-refractivity contribution in [3.8, 4) is 0 Å². The second kappa shape index (κ2) is 15.1. The maximum absolute atomic E-state index is 4.09. The monoisotopic (exact) mass is 304 g/mol. The number of hydrogen-bond acceptors (Lipinski definition) is 4. The van der Waals surface area contributed by atoms with Crippen molar-refractivity contribution in [2.45, 2.75) is 0 Å². The Morgan fingerprint density at radius 1 is 0.391 bits per heavy atom. The van der Waals surface area contributed by atoms with Gasteiger partial charge in [0.25, 0.3) is 0 Å². The van der Waals surface area contributed by atoms with Gasteiger partial charge in [0.15, 0.2) is 0 Å². The van der Waals surface area contributed by atoms with Crippen LogP contribution in [0.2, 0.25) is 0 Å². The number of nitrogens with zero attached hydrogens (tertiary/aromatic N) is 3. The average molecular weight is 304 g/mol. The molecule has 0 amide bonds. The Balaban J connectivity index is 2.63. The van der Waals surface area contributed by atoms with Crippen LogP contribution in [0, 0.1) is 0 Å². The molecule has 1 N–H and O–H groups in total. The number of aliphatic imine (C=N–C) groups is 3. The molecule has 0 aliphatic carbocycles. The molecule has 0 aromatic heterocycles. The van der Waals surface area contributed by atoms with Gasteiger partial charge in [0.1, 0.15) is 0 Å². The molecule has 4 nitrogen and oxygen atoms in total. The zero-order chi connectivity index (χ0) is 16.3. The molecule has 0 spiro atoms. The topological polar surface area (TPSA) is 49.1 Å². The maximum atomic E-state index is 4.09. The van der Waals surface area contributed by atoms with E-state index >= 15 is 0 Å². The molecule has 0 radical (unpaired) electrons. The van der Waals surface area contributed by atoms with Gasteiger partial charge in [-0.15, -0.1) is 0 Å². The first kappa shape index (κ1) is 17.8. The van der Waals surface area contributed by atoms with E-state index in [1.807, 2.05) is 67.0 Å². The van der Waals surface area contributed by atoms with Crippen molar-refractivity contribution < 1.29 is 0 Å². The molecule has 0 unspecified atom stereocenters. The summed E-state index contributed by atoms with van der Waals surface area (Å²) in [6.45, 7) is 0. The van der Waals surface area contributed by atoms with E-state index in [2.05, 4.69) is 20.3 Å². The van der Waals surface area contributed by atoms with Crippen LogP contribution in [0.4, 0.5) is 0 Å². The van der Waals surface area contributed by atoms with Gasteiger partial charge >= 0.3 is 0 Å². The Morgan fingerprint density at radius 2 is 0.870 bits per heavy atom. The fraction of sp³-hybridized carbons (Fsp3) is 0. The lowest BCUT2D eigenvalue weighted by Crippen LogP contribution is -1.90. The predicted molar refractivity (Wildman–Crippen MR) is 102 cm³/mol. The fourth-order valence-corrected chi connectivity index (χ4v) is 1.22. The largest absolute Gasteiger partial charge is 0.368 e. The maximum Gasteiger partial charge on any atom is 0.0283 e. The lowest BCUT2D eigenvalue weighted by Gasteiger charge is -1.84. The summed E-state index contributed by atoms with van der Waals surface area (Å²) < 4.78 is 0. The molecule has 0 bridgehead atoms. The van der Waals surface area contributed by atoms with Gasteiger partial charge in [0.05, 0.1) is 0 Å². The molecule has 1 rings (SSSR count). The molecular formula is C19H20N4. The van der Waals surface area contributed by atoms with Gasteiger partial charge in [0.2, 0.25) is 0 Å². The van der Waals surface area contributed by atoms with E-state index in [4.69, 9.17) is 0 Å². The van der Waals surface area contributed by atoms with E-state index in [0.29, 0.717) is 0 Å². The summed E-state index contributed by atoms with van der Waals surface area (Å²) >= 11 is 0. The van der Waals surface area contributed by atoms with Crippen LogP contribution in [0.5, 0.6) is 0 Å². The Labute approximate surface area is 137 Å². The van der Waals surface area contributed by atoms with Crippen LogP contribution in [0.15, 0.2) is 113 Å². The van der Waals surface area contributed by atoms with Crippen LogP contribution in [0.1, 0.15) is 0 Å². The van der Waals surface area contributed by atoms with Gasteiger partial charge in [-0.2, -0.15) is 0 Å². The molecular weight excluding hydrogens is 284 g/mol. The van der Waals surface area contributed by atoms with Gasteiger partial charge in [0, 0.05) is 49.6 Å². The van der Waals surface area contributed by atoms with E-state index in [-0.39, 0.29) is 0 Å². The molecule has 4 heteroatoms. The van der Waals surface area contributed by atoms with Gasteiger partial charge < -0.3 is 5.32 Å². The summed E-state index contributed by atoms with van der Waals surface area (Å²) in [7, 11) is 0. The number of rotatable bonds is 0. The minimum atomic E-state index is 1.67. The highest BCUT2D eigenvalue weighted by Gasteiger charge is 1.68. The second-order valence-electron chi connectivity index (χ2n) is 3.96. The number of nitrogens with one attached hydrogen (secondary N) is 1. The third-order valence-corrected chi connectivity index (χ3v) is 2.20. The van der Waals surface area contributed by atoms with Crippen molar-refractivity contribution in [1.29, 1.82) is 0 Å². The minimum absolute atomic E-state index is 1.67. The molecule has 0 saturated heterocycles. The van der Waals surface area contributed by atoms with Gasteiger partial charge in [-0.3, -0.25) is 15.0 Å². The molecule has 23 heavy (non-hydrogen) atoms. The predicted octanol–water partition coefficient (Wildman–Crippen LogP) is 4.04. The van der Waals surface area contributed by atoms with Gasteiger partial charge in [-0.05, 0) is 36.5 Å². The molecule has 0 fully saturated rings.